The Bertz CT molecular complexity index is 1540. The second-order valence-corrected chi connectivity index (χ2v) is 9.69. The number of piperidine rings is 1. The predicted octanol–water partition coefficient (Wildman–Crippen LogP) is 4.37. The van der Waals surface area contributed by atoms with Gasteiger partial charge in [0.05, 0.1) is 41.5 Å². The Morgan fingerprint density at radius 2 is 1.97 bits per heavy atom. The summed E-state index contributed by atoms with van der Waals surface area (Å²) < 4.78 is 34.8. The normalized spacial score (nSPS) is 19.4. The molecule has 39 heavy (non-hydrogen) atoms. The maximum absolute atomic E-state index is 14.3. The second kappa shape index (κ2) is 10.5. The van der Waals surface area contributed by atoms with Crippen LogP contribution in [0.25, 0.3) is 33.3 Å². The van der Waals surface area contributed by atoms with Crippen LogP contribution in [-0.4, -0.2) is 61.7 Å². The van der Waals surface area contributed by atoms with Crippen LogP contribution in [0.15, 0.2) is 60.0 Å². The molecule has 4 aromatic rings. The third-order valence-electron chi connectivity index (χ3n) is 7.32. The third kappa shape index (κ3) is 4.88. The molecule has 0 saturated carbocycles. The lowest BCUT2D eigenvalue weighted by atomic mass is 9.95. The molecular formula is C29H28F2N6O2. The molecule has 0 spiro atoms. The number of halogens is 2. The van der Waals surface area contributed by atoms with Crippen molar-refractivity contribution in [2.24, 2.45) is 5.16 Å². The number of benzene rings is 2. The molecule has 2 unspecified atom stereocenters. The average molecular weight is 531 g/mol. The number of nitrogens with zero attached hydrogens (tertiary/aromatic N) is 4. The Kier molecular flexibility index (Phi) is 6.80. The number of nitrogen functional groups attached to an aromatic ring is 1. The van der Waals surface area contributed by atoms with Crippen LogP contribution < -0.4 is 16.0 Å². The van der Waals surface area contributed by atoms with Crippen molar-refractivity contribution in [1.29, 1.82) is 0 Å². The van der Waals surface area contributed by atoms with Gasteiger partial charge in [0.15, 0.2) is 0 Å². The number of nitrogens with one attached hydrogen (secondary N) is 1. The van der Waals surface area contributed by atoms with Gasteiger partial charge in [-0.15, -0.1) is 0 Å². The number of fused-ring (bicyclic) bond motifs is 2. The van der Waals surface area contributed by atoms with Crippen molar-refractivity contribution in [3.05, 3.63) is 72.1 Å². The first-order valence-corrected chi connectivity index (χ1v) is 12.8. The topological polar surface area (TPSA) is 97.9 Å². The van der Waals surface area contributed by atoms with Crippen LogP contribution in [0.3, 0.4) is 0 Å². The van der Waals surface area contributed by atoms with Crippen molar-refractivity contribution in [3.63, 3.8) is 0 Å². The van der Waals surface area contributed by atoms with E-state index in [-0.39, 0.29) is 12.1 Å². The van der Waals surface area contributed by atoms with E-state index in [4.69, 9.17) is 15.3 Å². The van der Waals surface area contributed by atoms with E-state index < -0.39 is 11.6 Å². The Morgan fingerprint density at radius 1 is 1.13 bits per heavy atom. The van der Waals surface area contributed by atoms with Crippen LogP contribution in [-0.2, 0) is 9.57 Å². The lowest BCUT2D eigenvalue weighted by Gasteiger charge is -2.43. The molecule has 0 amide bonds. The maximum atomic E-state index is 14.3. The molecular weight excluding hydrogens is 502 g/mol. The Hall–Kier alpha value is -4.15. The average Bonchev–Trinajstić information content (AvgIpc) is 2.95. The number of morpholine rings is 1. The molecule has 0 radical (unpaired) electrons. The number of oxime groups is 1. The first-order chi connectivity index (χ1) is 19.0. The van der Waals surface area contributed by atoms with Gasteiger partial charge in [0, 0.05) is 66.2 Å². The minimum absolute atomic E-state index is 0.00468. The molecule has 3 N–H and O–H groups in total. The van der Waals surface area contributed by atoms with Gasteiger partial charge < -0.3 is 25.5 Å². The SMILES string of the molecule is CON=Cc1ccnc(-c2ccc3ncc(-c4cc(F)cc(F)c4)c(N4CCC5NCCOC5C4)c3c2)c1N. The molecule has 2 aromatic heterocycles. The van der Waals surface area contributed by atoms with Gasteiger partial charge in [0.1, 0.15) is 18.7 Å². The molecule has 2 aliphatic heterocycles. The molecule has 0 aliphatic carbocycles. The highest BCUT2D eigenvalue weighted by Crippen LogP contribution is 2.40. The fourth-order valence-corrected chi connectivity index (χ4v) is 5.50. The molecule has 6 rings (SSSR count). The van der Waals surface area contributed by atoms with Gasteiger partial charge in [0.25, 0.3) is 0 Å². The minimum Gasteiger partial charge on any atom is -0.399 e. The number of nitrogens with two attached hydrogens (primary N) is 1. The highest BCUT2D eigenvalue weighted by atomic mass is 19.1. The molecule has 2 fully saturated rings. The molecule has 2 aliphatic rings. The summed E-state index contributed by atoms with van der Waals surface area (Å²) in [4.78, 5) is 16.2. The second-order valence-electron chi connectivity index (χ2n) is 9.69. The summed E-state index contributed by atoms with van der Waals surface area (Å²) in [5, 5.41) is 8.20. The van der Waals surface area contributed by atoms with Gasteiger partial charge in [-0.05, 0) is 42.3 Å². The number of rotatable bonds is 5. The molecule has 2 atom stereocenters. The van der Waals surface area contributed by atoms with Crippen LogP contribution in [0.5, 0.6) is 0 Å². The summed E-state index contributed by atoms with van der Waals surface area (Å²) in [6.45, 7) is 2.86. The number of ether oxygens (including phenoxy) is 1. The highest BCUT2D eigenvalue weighted by Gasteiger charge is 2.33. The monoisotopic (exact) mass is 530 g/mol. The van der Waals surface area contributed by atoms with E-state index in [0.717, 1.165) is 47.7 Å². The summed E-state index contributed by atoms with van der Waals surface area (Å²) in [6.07, 6.45) is 5.76. The zero-order valence-corrected chi connectivity index (χ0v) is 21.4. The van der Waals surface area contributed by atoms with Gasteiger partial charge in [-0.1, -0.05) is 11.2 Å². The zero-order chi connectivity index (χ0) is 26.9. The van der Waals surface area contributed by atoms with E-state index in [1.54, 1.807) is 18.5 Å². The summed E-state index contributed by atoms with van der Waals surface area (Å²) in [7, 11) is 1.46. The standard InChI is InChI=1S/C29H28F2N6O2/c1-38-36-14-18-4-6-34-28(27(18)32)17-2-3-24-22(12-17)29(37-8-5-25-26(16-37)39-9-7-33-25)23(15-35-24)19-10-20(30)13-21(31)11-19/h2-4,6,10-15,25-26,33H,5,7-9,16,32H2,1H3. The van der Waals surface area contributed by atoms with Crippen LogP contribution in [0.2, 0.25) is 0 Å². The molecule has 2 saturated heterocycles. The summed E-state index contributed by atoms with van der Waals surface area (Å²) in [5.74, 6) is -1.29. The summed E-state index contributed by atoms with van der Waals surface area (Å²) in [6, 6.07) is 11.4. The number of anilines is 2. The fraction of sp³-hybridized carbons (Fsp3) is 0.276. The van der Waals surface area contributed by atoms with Crippen molar-refractivity contribution in [3.8, 4) is 22.4 Å². The lowest BCUT2D eigenvalue weighted by molar-refractivity contribution is -0.00896. The molecule has 0 bridgehead atoms. The van der Waals surface area contributed by atoms with Gasteiger partial charge in [-0.3, -0.25) is 9.97 Å². The van der Waals surface area contributed by atoms with Gasteiger partial charge in [-0.25, -0.2) is 8.78 Å². The Labute approximate surface area is 224 Å². The van der Waals surface area contributed by atoms with Crippen molar-refractivity contribution < 1.29 is 18.4 Å². The largest absolute Gasteiger partial charge is 0.399 e. The third-order valence-corrected chi connectivity index (χ3v) is 7.32. The minimum atomic E-state index is -0.644. The van der Waals surface area contributed by atoms with Crippen molar-refractivity contribution >= 4 is 28.5 Å². The summed E-state index contributed by atoms with van der Waals surface area (Å²) >= 11 is 0. The van der Waals surface area contributed by atoms with E-state index >= 15 is 0 Å². The van der Waals surface area contributed by atoms with Crippen LogP contribution in [0.4, 0.5) is 20.2 Å². The predicted molar refractivity (Wildman–Crippen MR) is 148 cm³/mol. The molecule has 8 nitrogen and oxygen atoms in total. The fourth-order valence-electron chi connectivity index (χ4n) is 5.50. The van der Waals surface area contributed by atoms with Crippen molar-refractivity contribution in [2.75, 3.05) is 44.0 Å². The van der Waals surface area contributed by atoms with Crippen molar-refractivity contribution in [2.45, 2.75) is 18.6 Å². The molecule has 4 heterocycles. The number of aromatic nitrogens is 2. The van der Waals surface area contributed by atoms with Gasteiger partial charge >= 0.3 is 0 Å². The lowest BCUT2D eigenvalue weighted by Crippen LogP contribution is -2.57. The highest BCUT2D eigenvalue weighted by molar-refractivity contribution is 6.02. The molecule has 10 heteroatoms. The number of hydrogen-bond acceptors (Lipinski definition) is 8. The Balaban J connectivity index is 1.53. The first kappa shape index (κ1) is 25.1. The number of hydrogen-bond donors (Lipinski definition) is 2. The number of pyridine rings is 2. The van der Waals surface area contributed by atoms with Crippen LogP contribution >= 0.6 is 0 Å². The first-order valence-electron chi connectivity index (χ1n) is 12.8. The van der Waals surface area contributed by atoms with Crippen LogP contribution in [0, 0.1) is 11.6 Å². The molecule has 200 valence electrons. The zero-order valence-electron chi connectivity index (χ0n) is 21.4. The van der Waals surface area contributed by atoms with Crippen molar-refractivity contribution in [1.82, 2.24) is 15.3 Å². The van der Waals surface area contributed by atoms with Gasteiger partial charge in [-0.2, -0.15) is 0 Å². The van der Waals surface area contributed by atoms with E-state index in [2.05, 4.69) is 25.3 Å². The van der Waals surface area contributed by atoms with Gasteiger partial charge in [0.2, 0.25) is 0 Å². The smallest absolute Gasteiger partial charge is 0.126 e. The van der Waals surface area contributed by atoms with E-state index in [9.17, 15) is 8.78 Å². The van der Waals surface area contributed by atoms with E-state index in [1.807, 2.05) is 18.2 Å². The summed E-state index contributed by atoms with van der Waals surface area (Å²) in [5.41, 5.74) is 11.6. The van der Waals surface area contributed by atoms with E-state index in [0.29, 0.717) is 41.2 Å². The maximum Gasteiger partial charge on any atom is 0.126 e. The Morgan fingerprint density at radius 3 is 2.79 bits per heavy atom. The van der Waals surface area contributed by atoms with E-state index in [1.165, 1.54) is 25.5 Å². The quantitative estimate of drug-likeness (QED) is 0.292. The molecule has 2 aromatic carbocycles. The van der Waals surface area contributed by atoms with Crippen LogP contribution in [0.1, 0.15) is 12.0 Å².